The van der Waals surface area contributed by atoms with Crippen molar-refractivity contribution in [3.63, 3.8) is 0 Å². The number of pyridine rings is 1. The molecule has 2 aliphatic rings. The lowest BCUT2D eigenvalue weighted by atomic mass is 10.0. The van der Waals surface area contributed by atoms with Crippen molar-refractivity contribution in [2.45, 2.75) is 12.8 Å². The molecule has 5 rings (SSSR count). The van der Waals surface area contributed by atoms with E-state index in [1.54, 1.807) is 0 Å². The fourth-order valence-electron chi connectivity index (χ4n) is 3.56. The van der Waals surface area contributed by atoms with Gasteiger partial charge in [0.15, 0.2) is 0 Å². The van der Waals surface area contributed by atoms with Crippen LogP contribution in [-0.4, -0.2) is 4.98 Å². The molecular weight excluding hydrogens is 242 g/mol. The second-order valence-electron chi connectivity index (χ2n) is 5.66. The fourth-order valence-corrected chi connectivity index (χ4v) is 3.56. The van der Waals surface area contributed by atoms with Crippen molar-refractivity contribution >= 4 is 0 Å². The molecule has 0 N–H and O–H groups in total. The molecule has 2 aromatic carbocycles. The Morgan fingerprint density at radius 3 is 2.20 bits per heavy atom. The smallest absolute Gasteiger partial charge is 0.0744 e. The highest BCUT2D eigenvalue weighted by molar-refractivity contribution is 5.81. The van der Waals surface area contributed by atoms with Crippen LogP contribution in [0.4, 0.5) is 0 Å². The van der Waals surface area contributed by atoms with Crippen molar-refractivity contribution in [1.29, 1.82) is 0 Å². The third-order valence-electron chi connectivity index (χ3n) is 4.50. The van der Waals surface area contributed by atoms with E-state index >= 15 is 0 Å². The molecule has 94 valence electrons. The van der Waals surface area contributed by atoms with Gasteiger partial charge in [-0.15, -0.1) is 0 Å². The molecule has 3 aromatic rings. The van der Waals surface area contributed by atoms with Gasteiger partial charge < -0.3 is 0 Å². The molecule has 1 heterocycles. The third-order valence-corrected chi connectivity index (χ3v) is 4.50. The number of aromatic nitrogens is 1. The number of hydrogen-bond acceptors (Lipinski definition) is 1. The zero-order chi connectivity index (χ0) is 13.1. The number of rotatable bonds is 0. The highest BCUT2D eigenvalue weighted by Crippen LogP contribution is 2.42. The average Bonchev–Trinajstić information content (AvgIpc) is 3.02. The van der Waals surface area contributed by atoms with Gasteiger partial charge in [0, 0.05) is 24.0 Å². The monoisotopic (exact) mass is 255 g/mol. The van der Waals surface area contributed by atoms with Crippen LogP contribution >= 0.6 is 0 Å². The standard InChI is InChI=1S/C19H13N/c1-3-7-15-13(6-1)11-18-17(15)10-14-9-12-5-2-4-8-16(12)19(14)20-18/h1-8,10H,9,11H2. The van der Waals surface area contributed by atoms with Crippen molar-refractivity contribution in [3.05, 3.63) is 77.0 Å². The highest BCUT2D eigenvalue weighted by Gasteiger charge is 2.25. The Balaban J connectivity index is 1.76. The van der Waals surface area contributed by atoms with Gasteiger partial charge in [-0.2, -0.15) is 0 Å². The molecular formula is C19H13N. The van der Waals surface area contributed by atoms with Gasteiger partial charge in [-0.05, 0) is 28.3 Å². The first kappa shape index (κ1) is 10.4. The van der Waals surface area contributed by atoms with E-state index in [9.17, 15) is 0 Å². The van der Waals surface area contributed by atoms with Gasteiger partial charge in [-0.3, -0.25) is 4.98 Å². The summed E-state index contributed by atoms with van der Waals surface area (Å²) in [6, 6.07) is 19.7. The Morgan fingerprint density at radius 1 is 0.650 bits per heavy atom. The molecule has 0 radical (unpaired) electrons. The largest absolute Gasteiger partial charge is 0.252 e. The van der Waals surface area contributed by atoms with Crippen LogP contribution < -0.4 is 0 Å². The summed E-state index contributed by atoms with van der Waals surface area (Å²) in [4.78, 5) is 4.99. The molecule has 1 aromatic heterocycles. The van der Waals surface area contributed by atoms with E-state index in [0.717, 1.165) is 12.8 Å². The maximum Gasteiger partial charge on any atom is 0.0744 e. The summed E-state index contributed by atoms with van der Waals surface area (Å²) < 4.78 is 0. The van der Waals surface area contributed by atoms with Crippen molar-refractivity contribution in [1.82, 2.24) is 4.98 Å². The van der Waals surface area contributed by atoms with E-state index in [2.05, 4.69) is 54.6 Å². The summed E-state index contributed by atoms with van der Waals surface area (Å²) in [5.74, 6) is 0. The van der Waals surface area contributed by atoms with E-state index in [4.69, 9.17) is 4.98 Å². The van der Waals surface area contributed by atoms with Crippen LogP contribution in [0.1, 0.15) is 22.4 Å². The topological polar surface area (TPSA) is 12.9 Å². The molecule has 0 amide bonds. The number of nitrogens with zero attached hydrogens (tertiary/aromatic N) is 1. The van der Waals surface area contributed by atoms with Gasteiger partial charge in [-0.25, -0.2) is 0 Å². The Kier molecular flexibility index (Phi) is 1.86. The van der Waals surface area contributed by atoms with Crippen LogP contribution in [0.15, 0.2) is 54.6 Å². The van der Waals surface area contributed by atoms with Crippen LogP contribution in [0.3, 0.4) is 0 Å². The predicted molar refractivity (Wildman–Crippen MR) is 80.7 cm³/mol. The van der Waals surface area contributed by atoms with Crippen LogP contribution in [-0.2, 0) is 12.8 Å². The summed E-state index contributed by atoms with van der Waals surface area (Å²) in [5.41, 5.74) is 10.7. The lowest BCUT2D eigenvalue weighted by Gasteiger charge is -2.05. The van der Waals surface area contributed by atoms with E-state index < -0.39 is 0 Å². The summed E-state index contributed by atoms with van der Waals surface area (Å²) in [7, 11) is 0. The van der Waals surface area contributed by atoms with E-state index in [1.165, 1.54) is 44.8 Å². The first-order chi connectivity index (χ1) is 9.90. The summed E-state index contributed by atoms with van der Waals surface area (Å²) in [5, 5.41) is 0. The molecule has 20 heavy (non-hydrogen) atoms. The molecule has 0 bridgehead atoms. The molecule has 0 unspecified atom stereocenters. The van der Waals surface area contributed by atoms with Crippen molar-refractivity contribution in [3.8, 4) is 22.4 Å². The van der Waals surface area contributed by atoms with Gasteiger partial charge in [0.2, 0.25) is 0 Å². The van der Waals surface area contributed by atoms with Crippen LogP contribution in [0.5, 0.6) is 0 Å². The predicted octanol–water partition coefficient (Wildman–Crippen LogP) is 4.22. The molecule has 0 aliphatic heterocycles. The van der Waals surface area contributed by atoms with Gasteiger partial charge >= 0.3 is 0 Å². The van der Waals surface area contributed by atoms with Crippen molar-refractivity contribution < 1.29 is 0 Å². The summed E-state index contributed by atoms with van der Waals surface area (Å²) in [6.07, 6.45) is 1.99. The molecule has 0 saturated heterocycles. The highest BCUT2D eigenvalue weighted by atomic mass is 14.7. The molecule has 0 atom stereocenters. The van der Waals surface area contributed by atoms with Crippen molar-refractivity contribution in [2.24, 2.45) is 0 Å². The van der Waals surface area contributed by atoms with E-state index in [-0.39, 0.29) is 0 Å². The van der Waals surface area contributed by atoms with Crippen LogP contribution in [0.25, 0.3) is 22.4 Å². The molecule has 0 fully saturated rings. The molecule has 1 nitrogen and oxygen atoms in total. The van der Waals surface area contributed by atoms with Gasteiger partial charge in [0.25, 0.3) is 0 Å². The third kappa shape index (κ3) is 1.25. The van der Waals surface area contributed by atoms with E-state index in [1.807, 2.05) is 0 Å². The lowest BCUT2D eigenvalue weighted by Crippen LogP contribution is -1.92. The minimum atomic E-state index is 0.973. The number of hydrogen-bond donors (Lipinski definition) is 0. The quantitative estimate of drug-likeness (QED) is 0.403. The fraction of sp³-hybridized carbons (Fsp3) is 0.105. The molecule has 1 heteroatoms. The Morgan fingerprint density at radius 2 is 1.35 bits per heavy atom. The first-order valence-electron chi connectivity index (χ1n) is 7.09. The zero-order valence-corrected chi connectivity index (χ0v) is 11.1. The van der Waals surface area contributed by atoms with Gasteiger partial charge in [0.05, 0.1) is 11.4 Å². The molecule has 0 saturated carbocycles. The minimum Gasteiger partial charge on any atom is -0.252 e. The van der Waals surface area contributed by atoms with Crippen LogP contribution in [0, 0.1) is 0 Å². The summed E-state index contributed by atoms with van der Waals surface area (Å²) >= 11 is 0. The second kappa shape index (κ2) is 3.57. The SMILES string of the molecule is c1ccc2c(c1)Cc1nc3c(cc1-2)Cc1ccccc1-3. The minimum absolute atomic E-state index is 0.973. The Hall–Kier alpha value is -2.41. The average molecular weight is 255 g/mol. The van der Waals surface area contributed by atoms with Crippen molar-refractivity contribution in [2.75, 3.05) is 0 Å². The van der Waals surface area contributed by atoms with E-state index in [0.29, 0.717) is 0 Å². The first-order valence-corrected chi connectivity index (χ1v) is 7.09. The normalized spacial score (nSPS) is 13.6. The maximum atomic E-state index is 4.99. The Labute approximate surface area is 117 Å². The molecule has 2 aliphatic carbocycles. The summed E-state index contributed by atoms with van der Waals surface area (Å²) in [6.45, 7) is 0. The molecule has 0 spiro atoms. The second-order valence-corrected chi connectivity index (χ2v) is 5.66. The van der Waals surface area contributed by atoms with Gasteiger partial charge in [0.1, 0.15) is 0 Å². The Bertz CT molecular complexity index is 788. The van der Waals surface area contributed by atoms with Gasteiger partial charge in [-0.1, -0.05) is 48.5 Å². The lowest BCUT2D eigenvalue weighted by molar-refractivity contribution is 1.11. The number of fused-ring (bicyclic) bond motifs is 6. The number of benzene rings is 2. The maximum absolute atomic E-state index is 4.99. The van der Waals surface area contributed by atoms with Crippen LogP contribution in [0.2, 0.25) is 0 Å². The zero-order valence-electron chi connectivity index (χ0n) is 11.1.